The predicted octanol–water partition coefficient (Wildman–Crippen LogP) is 1.62. The number of hydrogen-bond donors (Lipinski definition) is 1. The SMILES string of the molecule is Cn1nc(CF)c2cccc(N)c21. The minimum Gasteiger partial charge on any atom is -0.397 e. The van der Waals surface area contributed by atoms with E-state index < -0.39 is 6.67 Å². The molecule has 3 nitrogen and oxygen atoms in total. The molecule has 0 saturated carbocycles. The van der Waals surface area contributed by atoms with Crippen molar-refractivity contribution < 1.29 is 4.39 Å². The third kappa shape index (κ3) is 1.06. The predicted molar refractivity (Wildman–Crippen MR) is 49.9 cm³/mol. The monoisotopic (exact) mass is 179 g/mol. The molecule has 13 heavy (non-hydrogen) atoms. The van der Waals surface area contributed by atoms with Gasteiger partial charge in [-0.3, -0.25) is 4.68 Å². The molecule has 1 aromatic carbocycles. The van der Waals surface area contributed by atoms with Crippen LogP contribution in [0.3, 0.4) is 0 Å². The summed E-state index contributed by atoms with van der Waals surface area (Å²) < 4.78 is 14.1. The molecular weight excluding hydrogens is 169 g/mol. The summed E-state index contributed by atoms with van der Waals surface area (Å²) in [4.78, 5) is 0. The lowest BCUT2D eigenvalue weighted by molar-refractivity contribution is 0.473. The Morgan fingerprint density at radius 2 is 2.31 bits per heavy atom. The van der Waals surface area contributed by atoms with Crippen molar-refractivity contribution in [3.05, 3.63) is 23.9 Å². The van der Waals surface area contributed by atoms with Crippen molar-refractivity contribution in [2.75, 3.05) is 5.73 Å². The standard InChI is InChI=1S/C9H10FN3/c1-13-9-6(8(5-10)12-13)3-2-4-7(9)11/h2-4H,5,11H2,1H3. The minimum atomic E-state index is -0.555. The summed E-state index contributed by atoms with van der Waals surface area (Å²) in [6.07, 6.45) is 0. The highest BCUT2D eigenvalue weighted by atomic mass is 19.1. The molecule has 0 radical (unpaired) electrons. The van der Waals surface area contributed by atoms with Crippen LogP contribution < -0.4 is 5.73 Å². The van der Waals surface area contributed by atoms with E-state index in [0.29, 0.717) is 11.4 Å². The largest absolute Gasteiger partial charge is 0.397 e. The first kappa shape index (κ1) is 8.04. The fourth-order valence-electron chi connectivity index (χ4n) is 1.54. The van der Waals surface area contributed by atoms with Crippen molar-refractivity contribution in [2.24, 2.45) is 7.05 Å². The number of para-hydroxylation sites is 1. The molecule has 4 heteroatoms. The number of nitrogen functional groups attached to an aromatic ring is 1. The van der Waals surface area contributed by atoms with Gasteiger partial charge < -0.3 is 5.73 Å². The quantitative estimate of drug-likeness (QED) is 0.676. The molecule has 2 N–H and O–H groups in total. The Bertz CT molecular complexity index is 447. The first-order valence-electron chi connectivity index (χ1n) is 4.00. The number of halogens is 1. The molecule has 1 aromatic heterocycles. The van der Waals surface area contributed by atoms with Gasteiger partial charge >= 0.3 is 0 Å². The van der Waals surface area contributed by atoms with Gasteiger partial charge in [-0.2, -0.15) is 5.10 Å². The highest BCUT2D eigenvalue weighted by Crippen LogP contribution is 2.23. The molecule has 2 rings (SSSR count). The molecule has 2 aromatic rings. The number of aryl methyl sites for hydroxylation is 1. The normalized spacial score (nSPS) is 10.9. The summed E-state index contributed by atoms with van der Waals surface area (Å²) in [5.74, 6) is 0. The van der Waals surface area contributed by atoms with Crippen LogP contribution in [0.5, 0.6) is 0 Å². The molecule has 0 fully saturated rings. The van der Waals surface area contributed by atoms with Gasteiger partial charge in [0.1, 0.15) is 12.4 Å². The van der Waals surface area contributed by atoms with Crippen molar-refractivity contribution in [3.8, 4) is 0 Å². The lowest BCUT2D eigenvalue weighted by Gasteiger charge is -1.97. The second-order valence-electron chi connectivity index (χ2n) is 2.95. The van der Waals surface area contributed by atoms with E-state index in [-0.39, 0.29) is 0 Å². The number of anilines is 1. The summed E-state index contributed by atoms with van der Waals surface area (Å²) >= 11 is 0. The van der Waals surface area contributed by atoms with E-state index in [1.165, 1.54) is 0 Å². The summed E-state index contributed by atoms with van der Waals surface area (Å²) in [6.45, 7) is -0.555. The van der Waals surface area contributed by atoms with Gasteiger partial charge in [0.25, 0.3) is 0 Å². The third-order valence-corrected chi connectivity index (χ3v) is 2.10. The summed E-state index contributed by atoms with van der Waals surface area (Å²) in [5, 5.41) is 4.83. The highest BCUT2D eigenvalue weighted by Gasteiger charge is 2.09. The molecule has 0 atom stereocenters. The van der Waals surface area contributed by atoms with E-state index in [4.69, 9.17) is 5.73 Å². The van der Waals surface area contributed by atoms with E-state index in [9.17, 15) is 4.39 Å². The first-order valence-corrected chi connectivity index (χ1v) is 4.00. The Morgan fingerprint density at radius 1 is 1.54 bits per heavy atom. The molecule has 68 valence electrons. The lowest BCUT2D eigenvalue weighted by Crippen LogP contribution is -1.94. The second kappa shape index (κ2) is 2.73. The maximum atomic E-state index is 12.5. The van der Waals surface area contributed by atoms with Crippen LogP contribution in [-0.2, 0) is 13.7 Å². The van der Waals surface area contributed by atoms with Crippen molar-refractivity contribution >= 4 is 16.6 Å². The van der Waals surface area contributed by atoms with Crippen molar-refractivity contribution in [1.29, 1.82) is 0 Å². The molecule has 0 bridgehead atoms. The molecule has 0 aliphatic carbocycles. The average Bonchev–Trinajstić information content (AvgIpc) is 2.44. The number of nitrogens with zero attached hydrogens (tertiary/aromatic N) is 2. The van der Waals surface area contributed by atoms with Crippen LogP contribution in [0.25, 0.3) is 10.9 Å². The first-order chi connectivity index (χ1) is 6.24. The number of rotatable bonds is 1. The number of aromatic nitrogens is 2. The third-order valence-electron chi connectivity index (χ3n) is 2.10. The van der Waals surface area contributed by atoms with E-state index in [1.807, 2.05) is 6.07 Å². The Hall–Kier alpha value is -1.58. The van der Waals surface area contributed by atoms with Crippen LogP contribution >= 0.6 is 0 Å². The van der Waals surface area contributed by atoms with Gasteiger partial charge in [0.2, 0.25) is 0 Å². The van der Waals surface area contributed by atoms with Crippen LogP contribution in [0, 0.1) is 0 Å². The second-order valence-corrected chi connectivity index (χ2v) is 2.95. The van der Waals surface area contributed by atoms with Crippen LogP contribution in [0.1, 0.15) is 5.69 Å². The Labute approximate surface area is 75.0 Å². The maximum Gasteiger partial charge on any atom is 0.134 e. The average molecular weight is 179 g/mol. The van der Waals surface area contributed by atoms with Gasteiger partial charge in [0, 0.05) is 12.4 Å². The van der Waals surface area contributed by atoms with Crippen LogP contribution in [0.15, 0.2) is 18.2 Å². The molecule has 0 aliphatic rings. The fourth-order valence-corrected chi connectivity index (χ4v) is 1.54. The molecule has 0 amide bonds. The smallest absolute Gasteiger partial charge is 0.134 e. The fraction of sp³-hybridized carbons (Fsp3) is 0.222. The summed E-state index contributed by atoms with van der Waals surface area (Å²) in [5.41, 5.74) is 7.62. The van der Waals surface area contributed by atoms with Gasteiger partial charge in [-0.05, 0) is 6.07 Å². The van der Waals surface area contributed by atoms with Gasteiger partial charge in [0.15, 0.2) is 0 Å². The van der Waals surface area contributed by atoms with E-state index in [1.54, 1.807) is 23.9 Å². The maximum absolute atomic E-state index is 12.5. The topological polar surface area (TPSA) is 43.8 Å². The number of nitrogens with two attached hydrogens (primary N) is 1. The molecule has 0 saturated heterocycles. The lowest BCUT2D eigenvalue weighted by atomic mass is 10.2. The Morgan fingerprint density at radius 3 is 3.00 bits per heavy atom. The molecule has 1 heterocycles. The van der Waals surface area contributed by atoms with Crippen molar-refractivity contribution in [3.63, 3.8) is 0 Å². The van der Waals surface area contributed by atoms with Crippen LogP contribution in [0.2, 0.25) is 0 Å². The summed E-state index contributed by atoms with van der Waals surface area (Å²) in [7, 11) is 1.76. The van der Waals surface area contributed by atoms with Crippen LogP contribution in [0.4, 0.5) is 10.1 Å². The zero-order chi connectivity index (χ0) is 9.42. The number of hydrogen-bond acceptors (Lipinski definition) is 2. The zero-order valence-electron chi connectivity index (χ0n) is 7.29. The number of alkyl halides is 1. The van der Waals surface area contributed by atoms with E-state index >= 15 is 0 Å². The minimum absolute atomic E-state index is 0.449. The van der Waals surface area contributed by atoms with E-state index in [0.717, 1.165) is 10.9 Å². The van der Waals surface area contributed by atoms with Crippen molar-refractivity contribution in [1.82, 2.24) is 9.78 Å². The number of benzene rings is 1. The van der Waals surface area contributed by atoms with E-state index in [2.05, 4.69) is 5.10 Å². The van der Waals surface area contributed by atoms with Crippen molar-refractivity contribution in [2.45, 2.75) is 6.67 Å². The molecule has 0 aliphatic heterocycles. The van der Waals surface area contributed by atoms with Gasteiger partial charge in [-0.15, -0.1) is 0 Å². The zero-order valence-corrected chi connectivity index (χ0v) is 7.29. The Balaban J connectivity index is 2.87. The van der Waals surface area contributed by atoms with Gasteiger partial charge in [-0.1, -0.05) is 12.1 Å². The van der Waals surface area contributed by atoms with Gasteiger partial charge in [0.05, 0.1) is 11.2 Å². The number of fused-ring (bicyclic) bond motifs is 1. The van der Waals surface area contributed by atoms with Crippen LogP contribution in [-0.4, -0.2) is 9.78 Å². The Kier molecular flexibility index (Phi) is 1.69. The van der Waals surface area contributed by atoms with Gasteiger partial charge in [-0.25, -0.2) is 4.39 Å². The molecule has 0 unspecified atom stereocenters. The summed E-state index contributed by atoms with van der Waals surface area (Å²) in [6, 6.07) is 5.41. The molecular formula is C9H10FN3. The highest BCUT2D eigenvalue weighted by molar-refractivity contribution is 5.91. The molecule has 0 spiro atoms.